The second-order valence-corrected chi connectivity index (χ2v) is 5.99. The summed E-state index contributed by atoms with van der Waals surface area (Å²) in [7, 11) is -2.65. The van der Waals surface area contributed by atoms with Gasteiger partial charge in [-0.25, -0.2) is 17.9 Å². The Hall–Kier alpha value is -1.51. The van der Waals surface area contributed by atoms with Gasteiger partial charge in [-0.1, -0.05) is 6.92 Å². The summed E-state index contributed by atoms with van der Waals surface area (Å²) < 4.78 is 40.6. The van der Waals surface area contributed by atoms with E-state index < -0.39 is 26.6 Å². The number of halogens is 1. The average molecular weight is 304 g/mol. The highest BCUT2D eigenvalue weighted by atomic mass is 32.2. The SMILES string of the molecule is COCC(C)CNC(=O)c1ccc(F)c(S(N)(=O)=O)c1. The fourth-order valence-corrected chi connectivity index (χ4v) is 2.21. The van der Waals surface area contributed by atoms with Crippen LogP contribution in [-0.2, 0) is 14.8 Å². The molecular weight excluding hydrogens is 287 g/mol. The number of hydrogen-bond acceptors (Lipinski definition) is 4. The van der Waals surface area contributed by atoms with Crippen molar-refractivity contribution in [1.82, 2.24) is 5.32 Å². The summed E-state index contributed by atoms with van der Waals surface area (Å²) >= 11 is 0. The molecule has 0 fully saturated rings. The number of benzene rings is 1. The Kier molecular flexibility index (Phi) is 5.61. The molecule has 3 N–H and O–H groups in total. The lowest BCUT2D eigenvalue weighted by atomic mass is 10.1. The molecule has 1 rings (SSSR count). The van der Waals surface area contributed by atoms with E-state index in [1.165, 1.54) is 6.07 Å². The molecular formula is C12H17FN2O4S. The lowest BCUT2D eigenvalue weighted by Crippen LogP contribution is -2.30. The number of methoxy groups -OCH3 is 1. The van der Waals surface area contributed by atoms with Crippen LogP contribution in [-0.4, -0.2) is 34.6 Å². The molecule has 1 unspecified atom stereocenters. The first-order chi connectivity index (χ1) is 9.25. The molecule has 0 saturated heterocycles. The zero-order valence-corrected chi connectivity index (χ0v) is 12.0. The van der Waals surface area contributed by atoms with Gasteiger partial charge in [-0.2, -0.15) is 0 Å². The monoisotopic (exact) mass is 304 g/mol. The molecule has 0 spiro atoms. The second kappa shape index (κ2) is 6.78. The maximum atomic E-state index is 13.3. The molecule has 0 heterocycles. The van der Waals surface area contributed by atoms with E-state index in [-0.39, 0.29) is 11.5 Å². The Bertz CT molecular complexity index is 589. The van der Waals surface area contributed by atoms with Crippen LogP contribution in [0.5, 0.6) is 0 Å². The molecule has 0 aliphatic rings. The van der Waals surface area contributed by atoms with Crippen LogP contribution in [0.1, 0.15) is 17.3 Å². The van der Waals surface area contributed by atoms with Crippen molar-refractivity contribution < 1.29 is 22.3 Å². The van der Waals surface area contributed by atoms with E-state index in [9.17, 15) is 17.6 Å². The fourth-order valence-electron chi connectivity index (χ4n) is 1.58. The number of ether oxygens (including phenoxy) is 1. The summed E-state index contributed by atoms with van der Waals surface area (Å²) in [5.74, 6) is -1.39. The van der Waals surface area contributed by atoms with Gasteiger partial charge >= 0.3 is 0 Å². The summed E-state index contributed by atoms with van der Waals surface area (Å²) in [6.07, 6.45) is 0. The van der Waals surface area contributed by atoms with Crippen LogP contribution in [0.3, 0.4) is 0 Å². The Labute approximate surface area is 117 Å². The van der Waals surface area contributed by atoms with Crippen LogP contribution in [0.15, 0.2) is 23.1 Å². The number of primary sulfonamides is 1. The Morgan fingerprint density at radius 3 is 2.70 bits per heavy atom. The van der Waals surface area contributed by atoms with Crippen LogP contribution < -0.4 is 10.5 Å². The minimum Gasteiger partial charge on any atom is -0.384 e. The van der Waals surface area contributed by atoms with Crippen molar-refractivity contribution in [2.75, 3.05) is 20.3 Å². The smallest absolute Gasteiger partial charge is 0.251 e. The topological polar surface area (TPSA) is 98.5 Å². The van der Waals surface area contributed by atoms with E-state index in [0.717, 1.165) is 12.1 Å². The van der Waals surface area contributed by atoms with Gasteiger partial charge in [0.15, 0.2) is 0 Å². The third kappa shape index (κ3) is 4.55. The summed E-state index contributed by atoms with van der Waals surface area (Å²) in [6, 6.07) is 3.01. The zero-order chi connectivity index (χ0) is 15.3. The lowest BCUT2D eigenvalue weighted by molar-refractivity contribution is 0.0934. The lowest BCUT2D eigenvalue weighted by Gasteiger charge is -2.12. The molecule has 1 atom stereocenters. The standard InChI is InChI=1S/C12H17FN2O4S/c1-8(7-19-2)6-15-12(16)9-3-4-10(13)11(5-9)20(14,17)18/h3-5,8H,6-7H2,1-2H3,(H,15,16)(H2,14,17,18). The highest BCUT2D eigenvalue weighted by molar-refractivity contribution is 7.89. The van der Waals surface area contributed by atoms with Crippen LogP contribution >= 0.6 is 0 Å². The van der Waals surface area contributed by atoms with Crippen LogP contribution in [0.2, 0.25) is 0 Å². The Balaban J connectivity index is 2.85. The van der Waals surface area contributed by atoms with Gasteiger partial charge in [-0.3, -0.25) is 4.79 Å². The van der Waals surface area contributed by atoms with Crippen LogP contribution in [0.4, 0.5) is 4.39 Å². The van der Waals surface area contributed by atoms with E-state index in [4.69, 9.17) is 9.88 Å². The van der Waals surface area contributed by atoms with Crippen LogP contribution in [0.25, 0.3) is 0 Å². The van der Waals surface area contributed by atoms with Gasteiger partial charge in [0.25, 0.3) is 5.91 Å². The molecule has 0 saturated carbocycles. The molecule has 0 aromatic heterocycles. The molecule has 0 aliphatic carbocycles. The molecule has 6 nitrogen and oxygen atoms in total. The highest BCUT2D eigenvalue weighted by Crippen LogP contribution is 2.15. The van der Waals surface area contributed by atoms with E-state index >= 15 is 0 Å². The van der Waals surface area contributed by atoms with Gasteiger partial charge in [0.1, 0.15) is 10.7 Å². The van der Waals surface area contributed by atoms with Crippen molar-refractivity contribution in [2.45, 2.75) is 11.8 Å². The van der Waals surface area contributed by atoms with Gasteiger partial charge < -0.3 is 10.1 Å². The van der Waals surface area contributed by atoms with Crippen molar-refractivity contribution in [3.8, 4) is 0 Å². The zero-order valence-electron chi connectivity index (χ0n) is 11.2. The van der Waals surface area contributed by atoms with E-state index in [0.29, 0.717) is 13.2 Å². The summed E-state index contributed by atoms with van der Waals surface area (Å²) in [4.78, 5) is 11.1. The molecule has 1 aromatic rings. The number of nitrogens with two attached hydrogens (primary N) is 1. The first kappa shape index (κ1) is 16.5. The number of amides is 1. The maximum Gasteiger partial charge on any atom is 0.251 e. The highest BCUT2D eigenvalue weighted by Gasteiger charge is 2.17. The number of carbonyl (C=O) groups is 1. The maximum absolute atomic E-state index is 13.3. The first-order valence-corrected chi connectivity index (χ1v) is 7.39. The molecule has 0 radical (unpaired) electrons. The van der Waals surface area contributed by atoms with Crippen molar-refractivity contribution in [3.63, 3.8) is 0 Å². The van der Waals surface area contributed by atoms with Crippen molar-refractivity contribution in [3.05, 3.63) is 29.6 Å². The van der Waals surface area contributed by atoms with Crippen molar-refractivity contribution >= 4 is 15.9 Å². The van der Waals surface area contributed by atoms with Gasteiger partial charge in [-0.15, -0.1) is 0 Å². The quantitative estimate of drug-likeness (QED) is 0.799. The van der Waals surface area contributed by atoms with E-state index in [2.05, 4.69) is 5.32 Å². The molecule has 8 heteroatoms. The molecule has 0 aliphatic heterocycles. The summed E-state index contributed by atoms with van der Waals surface area (Å²) in [6.45, 7) is 2.71. The van der Waals surface area contributed by atoms with Gasteiger partial charge in [0.05, 0.1) is 6.61 Å². The average Bonchev–Trinajstić information content (AvgIpc) is 2.35. The molecule has 112 valence electrons. The van der Waals surface area contributed by atoms with Crippen molar-refractivity contribution in [2.24, 2.45) is 11.1 Å². The number of nitrogens with one attached hydrogen (secondary N) is 1. The molecule has 1 amide bonds. The number of hydrogen-bond donors (Lipinski definition) is 2. The minimum absolute atomic E-state index is 0.0278. The normalized spacial score (nSPS) is 13.0. The van der Waals surface area contributed by atoms with Gasteiger partial charge in [0, 0.05) is 19.2 Å². The van der Waals surface area contributed by atoms with Crippen molar-refractivity contribution in [1.29, 1.82) is 0 Å². The first-order valence-electron chi connectivity index (χ1n) is 5.85. The fraction of sp³-hybridized carbons (Fsp3) is 0.417. The third-order valence-electron chi connectivity index (χ3n) is 2.56. The summed E-state index contributed by atoms with van der Waals surface area (Å²) in [5.41, 5.74) is 0.0278. The number of carbonyl (C=O) groups excluding carboxylic acids is 1. The second-order valence-electron chi connectivity index (χ2n) is 4.46. The predicted molar refractivity (Wildman–Crippen MR) is 71.1 cm³/mol. The Morgan fingerprint density at radius 1 is 1.50 bits per heavy atom. The van der Waals surface area contributed by atoms with Gasteiger partial charge in [-0.05, 0) is 24.1 Å². The van der Waals surface area contributed by atoms with Crippen LogP contribution in [0, 0.1) is 11.7 Å². The Morgan fingerprint density at radius 2 is 2.15 bits per heavy atom. The molecule has 1 aromatic carbocycles. The molecule has 0 bridgehead atoms. The number of rotatable bonds is 6. The summed E-state index contributed by atoms with van der Waals surface area (Å²) in [5, 5.41) is 7.48. The minimum atomic E-state index is -4.20. The number of sulfonamides is 1. The third-order valence-corrected chi connectivity index (χ3v) is 3.49. The van der Waals surface area contributed by atoms with E-state index in [1.54, 1.807) is 7.11 Å². The largest absolute Gasteiger partial charge is 0.384 e. The van der Waals surface area contributed by atoms with E-state index in [1.807, 2.05) is 6.92 Å². The predicted octanol–water partition coefficient (Wildman–Crippen LogP) is 0.485. The van der Waals surface area contributed by atoms with Gasteiger partial charge in [0.2, 0.25) is 10.0 Å². The molecule has 20 heavy (non-hydrogen) atoms.